The molecule has 0 saturated heterocycles. The van der Waals surface area contributed by atoms with Gasteiger partial charge in [0.25, 0.3) is 10.0 Å². The average Bonchev–Trinajstić information content (AvgIpc) is 2.88. The van der Waals surface area contributed by atoms with E-state index in [1.807, 2.05) is 0 Å². The van der Waals surface area contributed by atoms with E-state index in [-0.39, 0.29) is 10.9 Å². The molecular formula is C14H19N3O3S. The van der Waals surface area contributed by atoms with Crippen molar-refractivity contribution in [3.8, 4) is 0 Å². The minimum atomic E-state index is -3.75. The number of aromatic nitrogens is 1. The first-order valence-corrected chi connectivity index (χ1v) is 8.25. The summed E-state index contributed by atoms with van der Waals surface area (Å²) in [5.41, 5.74) is 0.735. The van der Waals surface area contributed by atoms with Crippen LogP contribution in [0.5, 0.6) is 0 Å². The van der Waals surface area contributed by atoms with E-state index in [2.05, 4.69) is 21.9 Å². The van der Waals surface area contributed by atoms with Crippen molar-refractivity contribution >= 4 is 15.8 Å². The van der Waals surface area contributed by atoms with Crippen molar-refractivity contribution in [2.75, 3.05) is 11.3 Å². The molecule has 0 bridgehead atoms. The number of nitrogens with zero attached hydrogens (tertiary/aromatic N) is 1. The molecule has 0 aliphatic heterocycles. The van der Waals surface area contributed by atoms with Gasteiger partial charge in [0, 0.05) is 5.69 Å². The fourth-order valence-electron chi connectivity index (χ4n) is 1.77. The number of rotatable bonds is 7. The molecule has 2 heterocycles. The van der Waals surface area contributed by atoms with Gasteiger partial charge in [-0.3, -0.25) is 4.72 Å². The molecule has 2 aromatic heterocycles. The summed E-state index contributed by atoms with van der Waals surface area (Å²) in [7, 11) is -3.75. The quantitative estimate of drug-likeness (QED) is 0.767. The van der Waals surface area contributed by atoms with E-state index in [1.54, 1.807) is 31.2 Å². The topological polar surface area (TPSA) is 84.2 Å². The average molecular weight is 309 g/mol. The van der Waals surface area contributed by atoms with Gasteiger partial charge in [-0.15, -0.1) is 0 Å². The van der Waals surface area contributed by atoms with Crippen molar-refractivity contribution in [2.45, 2.75) is 31.9 Å². The molecule has 0 aliphatic rings. The zero-order chi connectivity index (χ0) is 15.3. The maximum absolute atomic E-state index is 12.2. The van der Waals surface area contributed by atoms with Gasteiger partial charge in [-0.2, -0.15) is 8.42 Å². The van der Waals surface area contributed by atoms with Gasteiger partial charge in [0.2, 0.25) is 5.09 Å². The normalized spacial score (nSPS) is 11.5. The van der Waals surface area contributed by atoms with E-state index >= 15 is 0 Å². The van der Waals surface area contributed by atoms with Crippen LogP contribution in [0, 0.1) is 6.92 Å². The van der Waals surface area contributed by atoms with Crippen molar-refractivity contribution in [1.82, 2.24) is 10.3 Å². The molecule has 0 spiro atoms. The summed E-state index contributed by atoms with van der Waals surface area (Å²) in [5, 5.41) is 3.04. The third-order valence-electron chi connectivity index (χ3n) is 2.76. The van der Waals surface area contributed by atoms with Gasteiger partial charge >= 0.3 is 0 Å². The van der Waals surface area contributed by atoms with Crippen LogP contribution in [0.15, 0.2) is 39.8 Å². The Hall–Kier alpha value is -1.86. The summed E-state index contributed by atoms with van der Waals surface area (Å²) >= 11 is 0. The number of hydrogen-bond donors (Lipinski definition) is 2. The second-order valence-corrected chi connectivity index (χ2v) is 6.28. The summed E-state index contributed by atoms with van der Waals surface area (Å²) in [6, 6.07) is 8.23. The monoisotopic (exact) mass is 309 g/mol. The van der Waals surface area contributed by atoms with Crippen molar-refractivity contribution < 1.29 is 12.8 Å². The second kappa shape index (κ2) is 6.73. The highest BCUT2D eigenvalue weighted by Crippen LogP contribution is 2.17. The van der Waals surface area contributed by atoms with Gasteiger partial charge in [-0.25, -0.2) is 4.98 Å². The van der Waals surface area contributed by atoms with E-state index in [1.165, 1.54) is 6.07 Å². The maximum atomic E-state index is 12.2. The Morgan fingerprint density at radius 2 is 2.05 bits per heavy atom. The molecule has 0 amide bonds. The molecule has 6 nitrogen and oxygen atoms in total. The standard InChI is InChI=1S/C14H19N3O3S/c1-3-9-15-10-12-7-8-14(20-12)21(18,19)17-13-6-4-5-11(2)16-13/h4-8,15H,3,9-10H2,1-2H3,(H,16,17). The lowest BCUT2D eigenvalue weighted by atomic mass is 10.4. The van der Waals surface area contributed by atoms with Gasteiger partial charge in [0.1, 0.15) is 11.6 Å². The molecule has 2 aromatic rings. The molecule has 0 aliphatic carbocycles. The van der Waals surface area contributed by atoms with Crippen LogP contribution < -0.4 is 10.0 Å². The number of sulfonamides is 1. The lowest BCUT2D eigenvalue weighted by molar-refractivity contribution is 0.403. The first-order valence-electron chi connectivity index (χ1n) is 6.77. The fourth-order valence-corrected chi connectivity index (χ4v) is 2.73. The SMILES string of the molecule is CCCNCc1ccc(S(=O)(=O)Nc2cccc(C)n2)o1. The van der Waals surface area contributed by atoms with Crippen molar-refractivity contribution in [3.63, 3.8) is 0 Å². The highest BCUT2D eigenvalue weighted by molar-refractivity contribution is 7.92. The molecule has 0 radical (unpaired) electrons. The van der Waals surface area contributed by atoms with Gasteiger partial charge in [-0.1, -0.05) is 13.0 Å². The van der Waals surface area contributed by atoms with Crippen LogP contribution in [0.1, 0.15) is 24.8 Å². The summed E-state index contributed by atoms with van der Waals surface area (Å²) in [4.78, 5) is 4.11. The lowest BCUT2D eigenvalue weighted by Gasteiger charge is -2.05. The minimum Gasteiger partial charge on any atom is -0.446 e. The Labute approximate surface area is 124 Å². The Kier molecular flexibility index (Phi) is 4.98. The first-order chi connectivity index (χ1) is 10.0. The lowest BCUT2D eigenvalue weighted by Crippen LogP contribution is -2.14. The van der Waals surface area contributed by atoms with Crippen LogP contribution in [-0.2, 0) is 16.6 Å². The third kappa shape index (κ3) is 4.30. The van der Waals surface area contributed by atoms with E-state index in [0.29, 0.717) is 12.3 Å². The number of anilines is 1. The van der Waals surface area contributed by atoms with Crippen molar-refractivity contribution in [2.24, 2.45) is 0 Å². The molecule has 114 valence electrons. The molecule has 2 rings (SSSR count). The maximum Gasteiger partial charge on any atom is 0.296 e. The van der Waals surface area contributed by atoms with Crippen molar-refractivity contribution in [1.29, 1.82) is 0 Å². The van der Waals surface area contributed by atoms with E-state index < -0.39 is 10.0 Å². The molecule has 0 atom stereocenters. The fraction of sp³-hybridized carbons (Fsp3) is 0.357. The number of furan rings is 1. The molecule has 0 fully saturated rings. The van der Waals surface area contributed by atoms with E-state index in [0.717, 1.165) is 18.7 Å². The molecule has 7 heteroatoms. The van der Waals surface area contributed by atoms with E-state index in [4.69, 9.17) is 4.42 Å². The van der Waals surface area contributed by atoms with Gasteiger partial charge in [0.05, 0.1) is 6.54 Å². The van der Waals surface area contributed by atoms with Gasteiger partial charge < -0.3 is 9.73 Å². The minimum absolute atomic E-state index is 0.112. The Morgan fingerprint density at radius 3 is 2.76 bits per heavy atom. The molecule has 2 N–H and O–H groups in total. The van der Waals surface area contributed by atoms with Crippen LogP contribution in [-0.4, -0.2) is 19.9 Å². The summed E-state index contributed by atoms with van der Waals surface area (Å²) in [6.07, 6.45) is 1.01. The molecule has 0 aromatic carbocycles. The zero-order valence-electron chi connectivity index (χ0n) is 12.1. The van der Waals surface area contributed by atoms with Gasteiger partial charge in [-0.05, 0) is 44.2 Å². The molecule has 0 unspecified atom stereocenters. The second-order valence-electron chi connectivity index (χ2n) is 4.67. The van der Waals surface area contributed by atoms with Crippen LogP contribution in [0.4, 0.5) is 5.82 Å². The van der Waals surface area contributed by atoms with Crippen LogP contribution in [0.3, 0.4) is 0 Å². The summed E-state index contributed by atoms with van der Waals surface area (Å²) < 4.78 is 32.1. The smallest absolute Gasteiger partial charge is 0.296 e. The van der Waals surface area contributed by atoms with E-state index in [9.17, 15) is 8.42 Å². The highest BCUT2D eigenvalue weighted by atomic mass is 32.2. The predicted octanol–water partition coefficient (Wildman–Crippen LogP) is 2.28. The number of aryl methyl sites for hydroxylation is 1. The third-order valence-corrected chi connectivity index (χ3v) is 3.98. The number of pyridine rings is 1. The Bertz CT molecular complexity index is 695. The van der Waals surface area contributed by atoms with Crippen LogP contribution in [0.2, 0.25) is 0 Å². The molecule has 21 heavy (non-hydrogen) atoms. The largest absolute Gasteiger partial charge is 0.446 e. The van der Waals surface area contributed by atoms with Gasteiger partial charge in [0.15, 0.2) is 0 Å². The van der Waals surface area contributed by atoms with Crippen LogP contribution in [0.25, 0.3) is 0 Å². The predicted molar refractivity (Wildman–Crippen MR) is 80.5 cm³/mol. The first kappa shape index (κ1) is 15.5. The Balaban J connectivity index is 2.09. The summed E-state index contributed by atoms with van der Waals surface area (Å²) in [6.45, 7) is 5.21. The number of hydrogen-bond acceptors (Lipinski definition) is 5. The molecule has 0 saturated carbocycles. The number of nitrogens with one attached hydrogen (secondary N) is 2. The Morgan fingerprint density at radius 1 is 1.24 bits per heavy atom. The summed E-state index contributed by atoms with van der Waals surface area (Å²) in [5.74, 6) is 0.859. The zero-order valence-corrected chi connectivity index (χ0v) is 12.9. The highest BCUT2D eigenvalue weighted by Gasteiger charge is 2.19. The van der Waals surface area contributed by atoms with Crippen molar-refractivity contribution in [3.05, 3.63) is 41.8 Å². The molecular weight excluding hydrogens is 290 g/mol. The van der Waals surface area contributed by atoms with Crippen LogP contribution >= 0.6 is 0 Å².